The fourth-order valence-corrected chi connectivity index (χ4v) is 2.48. The topological polar surface area (TPSA) is 58.2 Å². The quantitative estimate of drug-likeness (QED) is 0.912. The summed E-state index contributed by atoms with van der Waals surface area (Å²) < 4.78 is 0. The van der Waals surface area contributed by atoms with E-state index < -0.39 is 0 Å². The van der Waals surface area contributed by atoms with Crippen molar-refractivity contribution >= 4 is 40.4 Å². The number of rotatable bonds is 4. The van der Waals surface area contributed by atoms with Gasteiger partial charge in [0.05, 0.1) is 11.4 Å². The minimum Gasteiger partial charge on any atom is -0.342 e. The van der Waals surface area contributed by atoms with Gasteiger partial charge in [0.15, 0.2) is 0 Å². The van der Waals surface area contributed by atoms with Gasteiger partial charge in [0.25, 0.3) is 5.91 Å². The predicted molar refractivity (Wildman–Crippen MR) is 81.5 cm³/mol. The van der Waals surface area contributed by atoms with Crippen LogP contribution in [0.5, 0.6) is 0 Å². The summed E-state index contributed by atoms with van der Waals surface area (Å²) in [7, 11) is 0. The molecule has 0 spiro atoms. The van der Waals surface area contributed by atoms with E-state index in [-0.39, 0.29) is 18.4 Å². The monoisotopic (exact) mass is 308 g/mol. The van der Waals surface area contributed by atoms with Gasteiger partial charge in [0.1, 0.15) is 0 Å². The molecular formula is C14H13ClN2O2S. The van der Waals surface area contributed by atoms with Crippen LogP contribution in [0.15, 0.2) is 35.7 Å². The second-order valence-electron chi connectivity index (χ2n) is 4.17. The Morgan fingerprint density at radius 3 is 2.75 bits per heavy atom. The Hall–Kier alpha value is -1.85. The van der Waals surface area contributed by atoms with Gasteiger partial charge in [-0.3, -0.25) is 9.59 Å². The zero-order valence-corrected chi connectivity index (χ0v) is 12.3. The molecule has 4 nitrogen and oxygen atoms in total. The Morgan fingerprint density at radius 1 is 1.30 bits per heavy atom. The van der Waals surface area contributed by atoms with Crippen molar-refractivity contribution in [3.63, 3.8) is 0 Å². The lowest BCUT2D eigenvalue weighted by Crippen LogP contribution is -2.32. The van der Waals surface area contributed by atoms with E-state index >= 15 is 0 Å². The lowest BCUT2D eigenvalue weighted by molar-refractivity contribution is -0.115. The second kappa shape index (κ2) is 6.54. The van der Waals surface area contributed by atoms with Crippen molar-refractivity contribution in [1.29, 1.82) is 0 Å². The molecule has 0 bridgehead atoms. The molecule has 0 radical (unpaired) electrons. The molecule has 0 fully saturated rings. The van der Waals surface area contributed by atoms with Gasteiger partial charge < -0.3 is 10.6 Å². The molecule has 0 saturated carbocycles. The highest BCUT2D eigenvalue weighted by Crippen LogP contribution is 2.19. The first-order valence-electron chi connectivity index (χ1n) is 5.94. The van der Waals surface area contributed by atoms with E-state index in [1.807, 2.05) is 12.3 Å². The summed E-state index contributed by atoms with van der Waals surface area (Å²) in [6, 6.07) is 8.70. The maximum Gasteiger partial charge on any atom is 0.261 e. The second-order valence-corrected chi connectivity index (χ2v) is 5.55. The average Bonchev–Trinajstić information content (AvgIpc) is 2.93. The summed E-state index contributed by atoms with van der Waals surface area (Å²) in [6.07, 6.45) is 0. The lowest BCUT2D eigenvalue weighted by Gasteiger charge is -2.09. The van der Waals surface area contributed by atoms with Crippen molar-refractivity contribution in [1.82, 2.24) is 5.32 Å². The molecule has 0 aliphatic carbocycles. The Bertz CT molecular complexity index is 626. The van der Waals surface area contributed by atoms with Crippen molar-refractivity contribution < 1.29 is 9.59 Å². The molecule has 0 aliphatic heterocycles. The van der Waals surface area contributed by atoms with Crippen LogP contribution in [0.4, 0.5) is 5.69 Å². The third kappa shape index (κ3) is 3.82. The van der Waals surface area contributed by atoms with Crippen LogP contribution in [0.1, 0.15) is 15.2 Å². The highest BCUT2D eigenvalue weighted by atomic mass is 35.5. The normalized spacial score (nSPS) is 10.1. The van der Waals surface area contributed by atoms with E-state index in [0.29, 0.717) is 15.6 Å². The Labute approximate surface area is 125 Å². The van der Waals surface area contributed by atoms with Gasteiger partial charge in [-0.1, -0.05) is 17.7 Å². The molecular weight excluding hydrogens is 296 g/mol. The molecule has 0 saturated heterocycles. The molecule has 0 aliphatic rings. The number of benzene rings is 1. The van der Waals surface area contributed by atoms with Crippen LogP contribution in [0.3, 0.4) is 0 Å². The predicted octanol–water partition coefficient (Wildman–Crippen LogP) is 3.08. The zero-order chi connectivity index (χ0) is 14.5. The molecule has 1 heterocycles. The third-order valence-electron chi connectivity index (χ3n) is 2.62. The van der Waals surface area contributed by atoms with Crippen LogP contribution < -0.4 is 10.6 Å². The Kier molecular flexibility index (Phi) is 4.76. The Morgan fingerprint density at radius 2 is 2.10 bits per heavy atom. The van der Waals surface area contributed by atoms with E-state index in [2.05, 4.69) is 10.6 Å². The number of nitrogens with one attached hydrogen (secondary N) is 2. The van der Waals surface area contributed by atoms with Crippen LogP contribution in [-0.2, 0) is 4.79 Å². The van der Waals surface area contributed by atoms with E-state index in [9.17, 15) is 9.59 Å². The number of halogens is 1. The molecule has 1 aromatic carbocycles. The number of aryl methyl sites for hydroxylation is 1. The maximum absolute atomic E-state index is 11.8. The molecule has 6 heteroatoms. The molecule has 1 aromatic heterocycles. The van der Waals surface area contributed by atoms with Crippen LogP contribution in [0, 0.1) is 6.92 Å². The van der Waals surface area contributed by atoms with Gasteiger partial charge in [0.2, 0.25) is 5.91 Å². The standard InChI is InChI=1S/C14H13ClN2O2S/c1-9-7-10(15)4-5-11(9)17-13(18)8-16-14(19)12-3-2-6-20-12/h2-7H,8H2,1H3,(H,16,19)(H,17,18). The molecule has 2 rings (SSSR count). The molecule has 2 amide bonds. The van der Waals surface area contributed by atoms with Crippen LogP contribution in [0.2, 0.25) is 5.02 Å². The van der Waals surface area contributed by atoms with Crippen LogP contribution >= 0.6 is 22.9 Å². The smallest absolute Gasteiger partial charge is 0.261 e. The zero-order valence-electron chi connectivity index (χ0n) is 10.8. The van der Waals surface area contributed by atoms with E-state index in [4.69, 9.17) is 11.6 Å². The van der Waals surface area contributed by atoms with Crippen molar-refractivity contribution in [2.45, 2.75) is 6.92 Å². The number of hydrogen-bond donors (Lipinski definition) is 2. The summed E-state index contributed by atoms with van der Waals surface area (Å²) in [4.78, 5) is 24.0. The van der Waals surface area contributed by atoms with E-state index in [1.165, 1.54) is 11.3 Å². The molecule has 0 unspecified atom stereocenters. The van der Waals surface area contributed by atoms with Gasteiger partial charge in [-0.15, -0.1) is 11.3 Å². The van der Waals surface area contributed by atoms with Gasteiger partial charge in [-0.25, -0.2) is 0 Å². The summed E-state index contributed by atoms with van der Waals surface area (Å²) in [6.45, 7) is 1.78. The highest BCUT2D eigenvalue weighted by molar-refractivity contribution is 7.12. The van der Waals surface area contributed by atoms with Gasteiger partial charge in [-0.05, 0) is 42.1 Å². The first-order valence-corrected chi connectivity index (χ1v) is 7.20. The van der Waals surface area contributed by atoms with Crippen LogP contribution in [0.25, 0.3) is 0 Å². The van der Waals surface area contributed by atoms with Crippen molar-refractivity contribution in [3.05, 3.63) is 51.2 Å². The van der Waals surface area contributed by atoms with E-state index in [1.54, 1.807) is 30.3 Å². The fraction of sp³-hybridized carbons (Fsp3) is 0.143. The van der Waals surface area contributed by atoms with Crippen LogP contribution in [-0.4, -0.2) is 18.4 Å². The largest absolute Gasteiger partial charge is 0.342 e. The number of anilines is 1. The Balaban J connectivity index is 1.88. The van der Waals surface area contributed by atoms with Gasteiger partial charge in [0, 0.05) is 10.7 Å². The third-order valence-corrected chi connectivity index (χ3v) is 3.72. The summed E-state index contributed by atoms with van der Waals surface area (Å²) in [5.41, 5.74) is 1.56. The van der Waals surface area contributed by atoms with Gasteiger partial charge in [-0.2, -0.15) is 0 Å². The number of carbonyl (C=O) groups is 2. The fourth-order valence-electron chi connectivity index (χ4n) is 1.62. The van der Waals surface area contributed by atoms with E-state index in [0.717, 1.165) is 5.56 Å². The molecule has 104 valence electrons. The molecule has 20 heavy (non-hydrogen) atoms. The molecule has 0 atom stereocenters. The maximum atomic E-state index is 11.8. The first kappa shape index (κ1) is 14.6. The van der Waals surface area contributed by atoms with Crippen molar-refractivity contribution in [2.24, 2.45) is 0 Å². The summed E-state index contributed by atoms with van der Waals surface area (Å²) in [5.74, 6) is -0.525. The number of amides is 2. The minimum absolute atomic E-state index is 0.0706. The van der Waals surface area contributed by atoms with Crippen molar-refractivity contribution in [2.75, 3.05) is 11.9 Å². The number of carbonyl (C=O) groups excluding carboxylic acids is 2. The van der Waals surface area contributed by atoms with Gasteiger partial charge >= 0.3 is 0 Å². The summed E-state index contributed by atoms with van der Waals surface area (Å²) in [5, 5.41) is 7.73. The number of hydrogen-bond acceptors (Lipinski definition) is 3. The lowest BCUT2D eigenvalue weighted by atomic mass is 10.2. The highest BCUT2D eigenvalue weighted by Gasteiger charge is 2.09. The average molecular weight is 309 g/mol. The first-order chi connectivity index (χ1) is 9.56. The summed E-state index contributed by atoms with van der Waals surface area (Å²) >= 11 is 7.18. The molecule has 2 aromatic rings. The minimum atomic E-state index is -0.277. The van der Waals surface area contributed by atoms with Crippen molar-refractivity contribution in [3.8, 4) is 0 Å². The number of thiophene rings is 1. The SMILES string of the molecule is Cc1cc(Cl)ccc1NC(=O)CNC(=O)c1cccs1. The molecule has 2 N–H and O–H groups in total.